The van der Waals surface area contributed by atoms with Gasteiger partial charge in [0.25, 0.3) is 0 Å². The number of carbonyl (C=O) groups excluding carboxylic acids is 1. The van der Waals surface area contributed by atoms with Crippen LogP contribution in [-0.4, -0.2) is 38.4 Å². The Morgan fingerprint density at radius 2 is 1.78 bits per heavy atom. The fourth-order valence-electron chi connectivity index (χ4n) is 5.93. The Morgan fingerprint density at radius 3 is 2.37 bits per heavy atom. The summed E-state index contributed by atoms with van der Waals surface area (Å²) in [6.45, 7) is 9.21. The minimum Gasteiger partial charge on any atom is -0.393 e. The smallest absolute Gasteiger partial charge is 0.163 e. The first-order valence-corrected chi connectivity index (χ1v) is 11.0. The predicted molar refractivity (Wildman–Crippen MR) is 108 cm³/mol. The first-order valence-electron chi connectivity index (χ1n) is 11.0. The maximum Gasteiger partial charge on any atom is 0.163 e. The van der Waals surface area contributed by atoms with E-state index in [4.69, 9.17) is 0 Å². The van der Waals surface area contributed by atoms with E-state index in [0.29, 0.717) is 24.2 Å². The normalized spacial score (nSPS) is 33.0. The minimum absolute atomic E-state index is 0.0848. The lowest BCUT2D eigenvalue weighted by atomic mass is 9.60. The molecule has 2 fully saturated rings. The minimum atomic E-state index is -1.26. The number of ketones is 1. The van der Waals surface area contributed by atoms with Crippen molar-refractivity contribution in [1.82, 2.24) is 0 Å². The maximum atomic E-state index is 12.3. The van der Waals surface area contributed by atoms with Crippen LogP contribution in [0, 0.1) is 23.2 Å². The average molecular weight is 383 g/mol. The zero-order valence-electron chi connectivity index (χ0n) is 18.1. The molecule has 0 aromatic rings. The van der Waals surface area contributed by atoms with Gasteiger partial charge in [-0.2, -0.15) is 0 Å². The van der Waals surface area contributed by atoms with Crippen molar-refractivity contribution in [1.29, 1.82) is 0 Å². The average Bonchev–Trinajstić information content (AvgIpc) is 2.86. The largest absolute Gasteiger partial charge is 0.393 e. The summed E-state index contributed by atoms with van der Waals surface area (Å²) in [6, 6.07) is 0. The van der Waals surface area contributed by atoms with Crippen molar-refractivity contribution in [3.8, 4) is 0 Å². The number of hydrogen-bond acceptors (Lipinski definition) is 4. The van der Waals surface area contributed by atoms with Crippen LogP contribution in [0.4, 0.5) is 0 Å². The van der Waals surface area contributed by atoms with Gasteiger partial charge in [-0.1, -0.05) is 26.2 Å². The molecule has 0 saturated heterocycles. The Morgan fingerprint density at radius 1 is 1.11 bits per heavy atom. The molecular weight excluding hydrogens is 340 g/mol. The highest BCUT2D eigenvalue weighted by Gasteiger charge is 2.52. The van der Waals surface area contributed by atoms with Gasteiger partial charge in [0.05, 0.1) is 11.7 Å². The van der Waals surface area contributed by atoms with Gasteiger partial charge in [0.2, 0.25) is 0 Å². The molecule has 2 rings (SSSR count). The lowest BCUT2D eigenvalue weighted by Gasteiger charge is -2.46. The van der Waals surface area contributed by atoms with E-state index in [1.54, 1.807) is 13.8 Å². The van der Waals surface area contributed by atoms with Crippen LogP contribution in [0.5, 0.6) is 0 Å². The van der Waals surface area contributed by atoms with Crippen molar-refractivity contribution in [2.75, 3.05) is 0 Å². The van der Waals surface area contributed by atoms with Crippen molar-refractivity contribution in [3.05, 3.63) is 0 Å². The third-order valence-corrected chi connectivity index (χ3v) is 7.52. The second kappa shape index (κ2) is 8.51. The molecule has 0 spiro atoms. The van der Waals surface area contributed by atoms with Gasteiger partial charge in [-0.05, 0) is 89.4 Å². The van der Waals surface area contributed by atoms with Gasteiger partial charge in [0, 0.05) is 6.42 Å². The fourth-order valence-corrected chi connectivity index (χ4v) is 5.93. The number of aliphatic hydroxyl groups is 3. The Kier molecular flexibility index (Phi) is 7.19. The summed E-state index contributed by atoms with van der Waals surface area (Å²) >= 11 is 0. The molecule has 0 aliphatic heterocycles. The Labute approximate surface area is 165 Å². The molecule has 0 aromatic carbocycles. The van der Waals surface area contributed by atoms with E-state index < -0.39 is 11.2 Å². The molecular formula is C23H42O4. The zero-order valence-corrected chi connectivity index (χ0v) is 18.1. The van der Waals surface area contributed by atoms with Gasteiger partial charge in [-0.3, -0.25) is 4.79 Å². The van der Waals surface area contributed by atoms with E-state index in [2.05, 4.69) is 6.92 Å². The Hall–Kier alpha value is -0.450. The van der Waals surface area contributed by atoms with Crippen LogP contribution in [0.3, 0.4) is 0 Å². The molecule has 2 saturated carbocycles. The van der Waals surface area contributed by atoms with Crippen LogP contribution in [0.15, 0.2) is 0 Å². The third-order valence-electron chi connectivity index (χ3n) is 7.52. The SMILES string of the molecule is CC(C)(O)CCC[C@@H](CCC(=O)C(C)(C)O)C1CC[C@H]2[C@@H](O)CCC[C@]12C. The molecule has 0 bridgehead atoms. The zero-order chi connectivity index (χ0) is 20.5. The van der Waals surface area contributed by atoms with Gasteiger partial charge in [0.1, 0.15) is 5.60 Å². The molecule has 2 aliphatic rings. The second-order valence-corrected chi connectivity index (χ2v) is 10.7. The number of aliphatic hydroxyl groups excluding tert-OH is 1. The van der Waals surface area contributed by atoms with E-state index in [-0.39, 0.29) is 17.3 Å². The fraction of sp³-hybridized carbons (Fsp3) is 0.957. The van der Waals surface area contributed by atoms with Crippen molar-refractivity contribution >= 4 is 5.78 Å². The molecule has 158 valence electrons. The van der Waals surface area contributed by atoms with E-state index in [1.165, 1.54) is 6.42 Å². The molecule has 4 heteroatoms. The topological polar surface area (TPSA) is 77.8 Å². The summed E-state index contributed by atoms with van der Waals surface area (Å²) in [7, 11) is 0. The summed E-state index contributed by atoms with van der Waals surface area (Å²) in [5.74, 6) is 1.24. The van der Waals surface area contributed by atoms with Gasteiger partial charge >= 0.3 is 0 Å². The number of rotatable bonds is 9. The van der Waals surface area contributed by atoms with Crippen LogP contribution < -0.4 is 0 Å². The summed E-state index contributed by atoms with van der Waals surface area (Å²) < 4.78 is 0. The quantitative estimate of drug-likeness (QED) is 0.557. The van der Waals surface area contributed by atoms with Gasteiger partial charge in [-0.25, -0.2) is 0 Å². The van der Waals surface area contributed by atoms with E-state index in [9.17, 15) is 20.1 Å². The van der Waals surface area contributed by atoms with Crippen LogP contribution in [-0.2, 0) is 4.79 Å². The number of carbonyl (C=O) groups is 1. The molecule has 0 radical (unpaired) electrons. The molecule has 4 nitrogen and oxygen atoms in total. The maximum absolute atomic E-state index is 12.3. The highest BCUT2D eigenvalue weighted by Crippen LogP contribution is 2.59. The van der Waals surface area contributed by atoms with Gasteiger partial charge in [0.15, 0.2) is 5.78 Å². The van der Waals surface area contributed by atoms with Crippen LogP contribution >= 0.6 is 0 Å². The van der Waals surface area contributed by atoms with E-state index in [1.807, 2.05) is 13.8 Å². The summed E-state index contributed by atoms with van der Waals surface area (Å²) in [5.41, 5.74) is -1.76. The molecule has 0 aromatic heterocycles. The van der Waals surface area contributed by atoms with Crippen molar-refractivity contribution < 1.29 is 20.1 Å². The molecule has 5 atom stereocenters. The lowest BCUT2D eigenvalue weighted by Crippen LogP contribution is -2.42. The Balaban J connectivity index is 2.09. The highest BCUT2D eigenvalue weighted by atomic mass is 16.3. The van der Waals surface area contributed by atoms with Crippen LogP contribution in [0.2, 0.25) is 0 Å². The molecule has 27 heavy (non-hydrogen) atoms. The monoisotopic (exact) mass is 382 g/mol. The number of hydrogen-bond donors (Lipinski definition) is 3. The number of fused-ring (bicyclic) bond motifs is 1. The summed E-state index contributed by atoms with van der Waals surface area (Å²) in [4.78, 5) is 12.3. The first-order chi connectivity index (χ1) is 12.3. The molecule has 1 unspecified atom stereocenters. The third kappa shape index (κ3) is 5.77. The van der Waals surface area contributed by atoms with E-state index in [0.717, 1.165) is 51.4 Å². The molecule has 0 amide bonds. The summed E-state index contributed by atoms with van der Waals surface area (Å²) in [5, 5.41) is 30.6. The van der Waals surface area contributed by atoms with E-state index >= 15 is 0 Å². The van der Waals surface area contributed by atoms with Crippen LogP contribution in [0.25, 0.3) is 0 Å². The van der Waals surface area contributed by atoms with Crippen LogP contribution in [0.1, 0.15) is 98.8 Å². The van der Waals surface area contributed by atoms with Gasteiger partial charge in [-0.15, -0.1) is 0 Å². The standard InChI is InChI=1S/C23H42O4/c1-21(2,26)14-6-8-16(10-13-20(25)22(3,4)27)17-11-12-18-19(24)9-7-15-23(17,18)5/h16-19,24,26-27H,6-15H2,1-5H3/t16-,17?,18-,19-,23+/m0/s1. The van der Waals surface area contributed by atoms with Crippen molar-refractivity contribution in [2.24, 2.45) is 23.2 Å². The molecule has 3 N–H and O–H groups in total. The predicted octanol–water partition coefficient (Wildman–Crippen LogP) is 4.24. The first kappa shape index (κ1) is 22.8. The highest BCUT2D eigenvalue weighted by molar-refractivity contribution is 5.86. The van der Waals surface area contributed by atoms with Gasteiger partial charge < -0.3 is 15.3 Å². The second-order valence-electron chi connectivity index (χ2n) is 10.7. The number of Topliss-reactive ketones (excluding diaryl/α,β-unsaturated/α-hetero) is 1. The van der Waals surface area contributed by atoms with Crippen molar-refractivity contribution in [3.63, 3.8) is 0 Å². The molecule has 2 aliphatic carbocycles. The Bertz CT molecular complexity index is 501. The lowest BCUT2D eigenvalue weighted by molar-refractivity contribution is -0.134. The van der Waals surface area contributed by atoms with Crippen molar-refractivity contribution in [2.45, 2.75) is 116 Å². The molecule has 0 heterocycles. The summed E-state index contributed by atoms with van der Waals surface area (Å²) in [6.07, 6.45) is 9.15.